The van der Waals surface area contributed by atoms with Crippen molar-refractivity contribution in [3.8, 4) is 0 Å². The Kier molecular flexibility index (Phi) is 4.72. The van der Waals surface area contributed by atoms with Crippen LogP contribution in [0.1, 0.15) is 27.2 Å². The first-order valence-electron chi connectivity index (χ1n) is 3.44. The van der Waals surface area contributed by atoms with E-state index in [-0.39, 0.29) is 0 Å². The van der Waals surface area contributed by atoms with Crippen LogP contribution in [-0.4, -0.2) is 12.9 Å². The number of ether oxygens (including phenoxy) is 1. The average molecular weight is 131 g/mol. The highest BCUT2D eigenvalue weighted by atomic mass is 16.6. The summed E-state index contributed by atoms with van der Waals surface area (Å²) in [6.07, 6.45) is 0.214. The summed E-state index contributed by atoms with van der Waals surface area (Å²) in [5, 5.41) is 10.3. The first-order chi connectivity index (χ1) is 4.16. The molecule has 0 aromatic heterocycles. The van der Waals surface area contributed by atoms with Crippen LogP contribution in [-0.2, 0) is 9.84 Å². The highest BCUT2D eigenvalue weighted by molar-refractivity contribution is 4.45. The van der Waals surface area contributed by atoms with Gasteiger partial charge in [0.1, 0.15) is 0 Å². The normalized spacial score (nSPS) is 17.3. The predicted octanol–water partition coefficient (Wildman–Crippen LogP) is 1.83. The number of rotatable bonds is 4. The molecule has 0 aliphatic carbocycles. The highest BCUT2D eigenvalue weighted by Crippen LogP contribution is 2.01. The molecule has 2 unspecified atom stereocenters. The molecular weight excluding hydrogens is 116 g/mol. The second kappa shape index (κ2) is 4.77. The van der Waals surface area contributed by atoms with E-state index in [1.807, 2.05) is 0 Å². The van der Waals surface area contributed by atoms with Crippen LogP contribution in [0.2, 0.25) is 0 Å². The molecular formula is C7H15O2. The molecule has 0 aromatic rings. The van der Waals surface area contributed by atoms with Gasteiger partial charge in [0, 0.05) is 0 Å². The third kappa shape index (κ3) is 5.80. The lowest BCUT2D eigenvalue weighted by molar-refractivity contribution is -0.134. The zero-order chi connectivity index (χ0) is 7.28. The molecule has 0 heterocycles. The maximum atomic E-state index is 10.3. The maximum absolute atomic E-state index is 10.3. The van der Waals surface area contributed by atoms with Crippen molar-refractivity contribution in [1.82, 2.24) is 0 Å². The van der Waals surface area contributed by atoms with Gasteiger partial charge in [-0.1, -0.05) is 20.3 Å². The standard InChI is InChI=1S/C7H15O2/c1-4-6(2)5-9-7(3)8/h6-7H,4-5H2,1-3H3. The molecule has 0 spiro atoms. The predicted molar refractivity (Wildman–Crippen MR) is 35.6 cm³/mol. The third-order valence-corrected chi connectivity index (χ3v) is 1.31. The van der Waals surface area contributed by atoms with Gasteiger partial charge in [-0.3, -0.25) is 0 Å². The molecule has 55 valence electrons. The van der Waals surface area contributed by atoms with Crippen LogP contribution in [0.3, 0.4) is 0 Å². The molecule has 0 rings (SSSR count). The molecule has 0 saturated heterocycles. The molecule has 1 radical (unpaired) electrons. The zero-order valence-electron chi connectivity index (χ0n) is 6.39. The number of hydrogen-bond acceptors (Lipinski definition) is 1. The van der Waals surface area contributed by atoms with Crippen LogP contribution in [0.25, 0.3) is 0 Å². The van der Waals surface area contributed by atoms with Crippen molar-refractivity contribution in [3.63, 3.8) is 0 Å². The molecule has 0 aliphatic heterocycles. The van der Waals surface area contributed by atoms with E-state index in [1.54, 1.807) is 0 Å². The van der Waals surface area contributed by atoms with Gasteiger partial charge in [-0.15, -0.1) is 0 Å². The highest BCUT2D eigenvalue weighted by Gasteiger charge is 2.01. The van der Waals surface area contributed by atoms with Gasteiger partial charge < -0.3 is 4.74 Å². The van der Waals surface area contributed by atoms with E-state index in [0.29, 0.717) is 12.5 Å². The summed E-state index contributed by atoms with van der Waals surface area (Å²) in [5.74, 6) is 0.515. The van der Waals surface area contributed by atoms with E-state index < -0.39 is 6.29 Å². The minimum atomic E-state index is -0.862. The van der Waals surface area contributed by atoms with Gasteiger partial charge in [0.25, 0.3) is 0 Å². The van der Waals surface area contributed by atoms with E-state index in [0.717, 1.165) is 6.42 Å². The smallest absolute Gasteiger partial charge is 0.188 e. The average Bonchev–Trinajstić information content (AvgIpc) is 1.83. The SMILES string of the molecule is CCC(C)COC(C)[O]. The van der Waals surface area contributed by atoms with E-state index in [2.05, 4.69) is 13.8 Å². The van der Waals surface area contributed by atoms with Crippen molar-refractivity contribution >= 4 is 0 Å². The Hall–Kier alpha value is -0.0800. The fourth-order valence-electron chi connectivity index (χ4n) is 0.418. The van der Waals surface area contributed by atoms with Gasteiger partial charge in [-0.2, -0.15) is 0 Å². The molecule has 0 aromatic carbocycles. The molecule has 0 aliphatic rings. The van der Waals surface area contributed by atoms with Gasteiger partial charge in [-0.05, 0) is 12.8 Å². The summed E-state index contributed by atoms with van der Waals surface area (Å²) < 4.78 is 4.84. The van der Waals surface area contributed by atoms with Gasteiger partial charge in [-0.25, -0.2) is 5.11 Å². The van der Waals surface area contributed by atoms with Crippen molar-refractivity contribution in [1.29, 1.82) is 0 Å². The molecule has 0 amide bonds. The quantitative estimate of drug-likeness (QED) is 0.535. The Morgan fingerprint density at radius 1 is 1.44 bits per heavy atom. The Balaban J connectivity index is 3.06. The second-order valence-corrected chi connectivity index (χ2v) is 2.41. The lowest BCUT2D eigenvalue weighted by atomic mass is 10.1. The van der Waals surface area contributed by atoms with Crippen LogP contribution in [0.5, 0.6) is 0 Å². The summed E-state index contributed by atoms with van der Waals surface area (Å²) in [6.45, 7) is 6.27. The summed E-state index contributed by atoms with van der Waals surface area (Å²) in [7, 11) is 0. The van der Waals surface area contributed by atoms with Crippen LogP contribution >= 0.6 is 0 Å². The monoisotopic (exact) mass is 131 g/mol. The van der Waals surface area contributed by atoms with Crippen molar-refractivity contribution < 1.29 is 9.84 Å². The summed E-state index contributed by atoms with van der Waals surface area (Å²) in [4.78, 5) is 0. The Bertz CT molecular complexity index is 61.9. The van der Waals surface area contributed by atoms with Crippen molar-refractivity contribution in [3.05, 3.63) is 0 Å². The summed E-state index contributed by atoms with van der Waals surface area (Å²) >= 11 is 0. The van der Waals surface area contributed by atoms with Gasteiger partial charge in [0.15, 0.2) is 6.29 Å². The first kappa shape index (κ1) is 8.92. The molecule has 0 fully saturated rings. The topological polar surface area (TPSA) is 29.1 Å². The van der Waals surface area contributed by atoms with E-state index in [4.69, 9.17) is 4.74 Å². The molecule has 0 bridgehead atoms. The first-order valence-corrected chi connectivity index (χ1v) is 3.44. The summed E-state index contributed by atoms with van der Waals surface area (Å²) in [5.41, 5.74) is 0. The van der Waals surface area contributed by atoms with Gasteiger partial charge in [0.2, 0.25) is 0 Å². The van der Waals surface area contributed by atoms with Crippen LogP contribution in [0.15, 0.2) is 0 Å². The van der Waals surface area contributed by atoms with Gasteiger partial charge in [0.05, 0.1) is 6.61 Å². The van der Waals surface area contributed by atoms with E-state index in [9.17, 15) is 5.11 Å². The van der Waals surface area contributed by atoms with Crippen LogP contribution in [0.4, 0.5) is 0 Å². The lowest BCUT2D eigenvalue weighted by Gasteiger charge is -2.09. The fourth-order valence-corrected chi connectivity index (χ4v) is 0.418. The largest absolute Gasteiger partial charge is 0.350 e. The van der Waals surface area contributed by atoms with Crippen LogP contribution < -0.4 is 0 Å². The molecule has 0 N–H and O–H groups in total. The van der Waals surface area contributed by atoms with Crippen LogP contribution in [0, 0.1) is 5.92 Å². The molecule has 9 heavy (non-hydrogen) atoms. The Morgan fingerprint density at radius 2 is 2.00 bits per heavy atom. The second-order valence-electron chi connectivity index (χ2n) is 2.41. The minimum absolute atomic E-state index is 0.515. The van der Waals surface area contributed by atoms with Crippen molar-refractivity contribution in [2.75, 3.05) is 6.61 Å². The molecule has 2 atom stereocenters. The Labute approximate surface area is 56.8 Å². The fraction of sp³-hybridized carbons (Fsp3) is 1.00. The Morgan fingerprint density at radius 3 is 2.33 bits per heavy atom. The maximum Gasteiger partial charge on any atom is 0.188 e. The third-order valence-electron chi connectivity index (χ3n) is 1.31. The molecule has 0 saturated carbocycles. The number of hydrogen-bond donors (Lipinski definition) is 0. The van der Waals surface area contributed by atoms with Crippen molar-refractivity contribution in [2.45, 2.75) is 33.5 Å². The van der Waals surface area contributed by atoms with E-state index in [1.165, 1.54) is 6.92 Å². The van der Waals surface area contributed by atoms with Crippen molar-refractivity contribution in [2.24, 2.45) is 5.92 Å². The molecule has 2 nitrogen and oxygen atoms in total. The summed E-state index contributed by atoms with van der Waals surface area (Å²) in [6, 6.07) is 0. The van der Waals surface area contributed by atoms with E-state index >= 15 is 0 Å². The zero-order valence-corrected chi connectivity index (χ0v) is 6.39. The van der Waals surface area contributed by atoms with Gasteiger partial charge >= 0.3 is 0 Å². The molecule has 2 heteroatoms. The minimum Gasteiger partial charge on any atom is -0.350 e. The lowest BCUT2D eigenvalue weighted by Crippen LogP contribution is -2.11.